The number of morpholine rings is 1. The smallest absolute Gasteiger partial charge is 0.0683 e. The van der Waals surface area contributed by atoms with Gasteiger partial charge < -0.3 is 14.9 Å². The van der Waals surface area contributed by atoms with Crippen molar-refractivity contribution in [3.8, 4) is 0 Å². The largest absolute Gasteiger partial charge is 0.392 e. The second-order valence-corrected chi connectivity index (χ2v) is 6.21. The first kappa shape index (κ1) is 16.2. The molecule has 118 valence electrons. The third kappa shape index (κ3) is 4.97. The van der Waals surface area contributed by atoms with E-state index in [-0.39, 0.29) is 18.2 Å². The molecule has 2 aliphatic heterocycles. The molecule has 2 N–H and O–H groups in total. The fraction of sp³-hybridized carbons (Fsp3) is 1.00. The lowest BCUT2D eigenvalue weighted by molar-refractivity contribution is -0.0123. The molecule has 0 bridgehead atoms. The van der Waals surface area contributed by atoms with Gasteiger partial charge in [0.15, 0.2) is 0 Å². The number of hydrogen-bond donors (Lipinski definition) is 2. The third-order valence-electron chi connectivity index (χ3n) is 4.50. The minimum Gasteiger partial charge on any atom is -0.392 e. The zero-order valence-electron chi connectivity index (χ0n) is 12.7. The summed E-state index contributed by atoms with van der Waals surface area (Å²) in [4.78, 5) is 4.61. The van der Waals surface area contributed by atoms with Crippen LogP contribution < -0.4 is 0 Å². The van der Waals surface area contributed by atoms with Gasteiger partial charge in [0, 0.05) is 25.7 Å². The number of β-amino-alcohol motifs (C(OH)–C–C–N with tert-alkyl or cyclic N) is 1. The molecule has 5 nitrogen and oxygen atoms in total. The van der Waals surface area contributed by atoms with Gasteiger partial charge in [-0.05, 0) is 39.3 Å². The van der Waals surface area contributed by atoms with Crippen LogP contribution in [-0.2, 0) is 4.74 Å². The van der Waals surface area contributed by atoms with Gasteiger partial charge >= 0.3 is 0 Å². The highest BCUT2D eigenvalue weighted by molar-refractivity contribution is 4.82. The van der Waals surface area contributed by atoms with Crippen molar-refractivity contribution in [3.05, 3.63) is 0 Å². The van der Waals surface area contributed by atoms with E-state index in [0.29, 0.717) is 13.0 Å². The van der Waals surface area contributed by atoms with Crippen LogP contribution in [0, 0.1) is 0 Å². The Balaban J connectivity index is 1.80. The van der Waals surface area contributed by atoms with E-state index in [1.54, 1.807) is 0 Å². The summed E-state index contributed by atoms with van der Waals surface area (Å²) in [6, 6.07) is 0.0892. The average molecular weight is 286 g/mol. The molecule has 3 atom stereocenters. The van der Waals surface area contributed by atoms with Gasteiger partial charge in [-0.1, -0.05) is 6.42 Å². The van der Waals surface area contributed by atoms with Crippen LogP contribution in [0.15, 0.2) is 0 Å². The predicted molar refractivity (Wildman–Crippen MR) is 78.8 cm³/mol. The van der Waals surface area contributed by atoms with Crippen LogP contribution in [-0.4, -0.2) is 84.2 Å². The molecule has 2 heterocycles. The fourth-order valence-electron chi connectivity index (χ4n) is 3.34. The molecule has 0 spiro atoms. The highest BCUT2D eigenvalue weighted by Gasteiger charge is 2.27. The Labute approximate surface area is 122 Å². The molecule has 2 fully saturated rings. The number of ether oxygens (including phenoxy) is 1. The second-order valence-electron chi connectivity index (χ2n) is 6.21. The maximum atomic E-state index is 10.3. The summed E-state index contributed by atoms with van der Waals surface area (Å²) >= 11 is 0. The summed E-state index contributed by atoms with van der Waals surface area (Å²) in [6.45, 7) is 7.98. The number of likely N-dealkylation sites (tertiary alicyclic amines) is 1. The maximum Gasteiger partial charge on any atom is 0.0683 e. The number of nitrogens with zero attached hydrogens (tertiary/aromatic N) is 2. The average Bonchev–Trinajstić information content (AvgIpc) is 2.46. The van der Waals surface area contributed by atoms with E-state index in [2.05, 4.69) is 9.80 Å². The Bertz CT molecular complexity index is 264. The number of rotatable bonds is 6. The Kier molecular flexibility index (Phi) is 6.71. The molecule has 2 aliphatic rings. The van der Waals surface area contributed by atoms with Crippen molar-refractivity contribution in [3.63, 3.8) is 0 Å². The Morgan fingerprint density at radius 3 is 2.25 bits per heavy atom. The molecule has 5 heteroatoms. The molecule has 0 aromatic carbocycles. The molecular weight excluding hydrogens is 256 g/mol. The van der Waals surface area contributed by atoms with Crippen LogP contribution in [0.5, 0.6) is 0 Å². The minimum absolute atomic E-state index is 0.0892. The normalized spacial score (nSPS) is 27.1. The zero-order valence-corrected chi connectivity index (χ0v) is 12.7. The second kappa shape index (κ2) is 8.29. The summed E-state index contributed by atoms with van der Waals surface area (Å²) in [5, 5.41) is 20.4. The van der Waals surface area contributed by atoms with E-state index in [0.717, 1.165) is 39.4 Å². The van der Waals surface area contributed by atoms with Crippen molar-refractivity contribution >= 4 is 0 Å². The van der Waals surface area contributed by atoms with E-state index in [1.807, 2.05) is 6.92 Å². The number of aliphatic hydroxyl groups is 2. The molecule has 0 saturated carbocycles. The first-order valence-corrected chi connectivity index (χ1v) is 8.07. The summed E-state index contributed by atoms with van der Waals surface area (Å²) in [7, 11) is 0. The van der Waals surface area contributed by atoms with Crippen molar-refractivity contribution in [2.24, 2.45) is 0 Å². The van der Waals surface area contributed by atoms with Crippen LogP contribution in [0.3, 0.4) is 0 Å². The molecule has 2 rings (SSSR count). The summed E-state index contributed by atoms with van der Waals surface area (Å²) in [5.41, 5.74) is 0. The molecule has 2 saturated heterocycles. The van der Waals surface area contributed by atoms with Crippen LogP contribution >= 0.6 is 0 Å². The molecular formula is C15H30N2O3. The number of aliphatic hydroxyl groups excluding tert-OH is 2. The Morgan fingerprint density at radius 1 is 1.00 bits per heavy atom. The van der Waals surface area contributed by atoms with Gasteiger partial charge in [-0.3, -0.25) is 9.80 Å². The van der Waals surface area contributed by atoms with Gasteiger partial charge in [-0.15, -0.1) is 0 Å². The number of hydrogen-bond acceptors (Lipinski definition) is 5. The first-order valence-electron chi connectivity index (χ1n) is 8.07. The lowest BCUT2D eigenvalue weighted by atomic mass is 9.99. The van der Waals surface area contributed by atoms with E-state index in [9.17, 15) is 10.2 Å². The van der Waals surface area contributed by atoms with Gasteiger partial charge in [-0.2, -0.15) is 0 Å². The number of piperidine rings is 1. The van der Waals surface area contributed by atoms with Gasteiger partial charge in [-0.25, -0.2) is 0 Å². The van der Waals surface area contributed by atoms with Gasteiger partial charge in [0.05, 0.1) is 25.4 Å². The predicted octanol–water partition coefficient (Wildman–Crippen LogP) is 0.305. The van der Waals surface area contributed by atoms with Gasteiger partial charge in [0.2, 0.25) is 0 Å². The standard InChI is InChI=1S/C15H30N2O3/c1-13(18)15(17-5-3-2-4-6-17)11-14(19)12-16-7-9-20-10-8-16/h13-15,18-19H,2-12H2,1H3/t13-,14?,15?/m0/s1. The first-order chi connectivity index (χ1) is 9.66. The Morgan fingerprint density at radius 2 is 1.65 bits per heavy atom. The van der Waals surface area contributed by atoms with Gasteiger partial charge in [0.25, 0.3) is 0 Å². The minimum atomic E-state index is -0.382. The van der Waals surface area contributed by atoms with Gasteiger partial charge in [0.1, 0.15) is 0 Å². The molecule has 0 aromatic heterocycles. The summed E-state index contributed by atoms with van der Waals surface area (Å²) in [5.74, 6) is 0. The monoisotopic (exact) mass is 286 g/mol. The molecule has 2 unspecified atom stereocenters. The van der Waals surface area contributed by atoms with E-state index in [4.69, 9.17) is 4.74 Å². The fourth-order valence-corrected chi connectivity index (χ4v) is 3.34. The van der Waals surface area contributed by atoms with Crippen molar-refractivity contribution in [1.29, 1.82) is 0 Å². The quantitative estimate of drug-likeness (QED) is 0.736. The molecule has 0 aromatic rings. The lowest BCUT2D eigenvalue weighted by Crippen LogP contribution is -2.49. The molecule has 20 heavy (non-hydrogen) atoms. The zero-order chi connectivity index (χ0) is 14.4. The van der Waals surface area contributed by atoms with Crippen molar-refractivity contribution in [2.75, 3.05) is 45.9 Å². The highest BCUT2D eigenvalue weighted by atomic mass is 16.5. The van der Waals surface area contributed by atoms with Crippen molar-refractivity contribution in [2.45, 2.75) is 50.9 Å². The molecule has 0 amide bonds. The van der Waals surface area contributed by atoms with Crippen LogP contribution in [0.2, 0.25) is 0 Å². The SMILES string of the molecule is C[C@H](O)C(CC(O)CN1CCOCC1)N1CCCCC1. The van der Waals surface area contributed by atoms with Crippen LogP contribution in [0.25, 0.3) is 0 Å². The Hall–Kier alpha value is -0.200. The maximum absolute atomic E-state index is 10.3. The van der Waals surface area contributed by atoms with Crippen molar-refractivity contribution < 1.29 is 14.9 Å². The third-order valence-corrected chi connectivity index (χ3v) is 4.50. The highest BCUT2D eigenvalue weighted by Crippen LogP contribution is 2.18. The van der Waals surface area contributed by atoms with Crippen LogP contribution in [0.1, 0.15) is 32.6 Å². The van der Waals surface area contributed by atoms with E-state index >= 15 is 0 Å². The molecule has 0 radical (unpaired) electrons. The topological polar surface area (TPSA) is 56.2 Å². The summed E-state index contributed by atoms with van der Waals surface area (Å²) in [6.07, 6.45) is 3.63. The van der Waals surface area contributed by atoms with E-state index in [1.165, 1.54) is 19.3 Å². The van der Waals surface area contributed by atoms with E-state index < -0.39 is 0 Å². The molecule has 0 aliphatic carbocycles. The van der Waals surface area contributed by atoms with Crippen molar-refractivity contribution in [1.82, 2.24) is 9.80 Å². The van der Waals surface area contributed by atoms with Crippen LogP contribution in [0.4, 0.5) is 0 Å². The summed E-state index contributed by atoms with van der Waals surface area (Å²) < 4.78 is 5.32. The lowest BCUT2D eigenvalue weighted by Gasteiger charge is -2.38.